The van der Waals surface area contributed by atoms with E-state index in [-0.39, 0.29) is 18.1 Å². The number of aromatic nitrogens is 1. The maximum absolute atomic E-state index is 13.0. The minimum absolute atomic E-state index is 0.0359. The van der Waals surface area contributed by atoms with Gasteiger partial charge in [-0.15, -0.1) is 0 Å². The van der Waals surface area contributed by atoms with Crippen molar-refractivity contribution in [2.24, 2.45) is 0 Å². The fraction of sp³-hybridized carbons (Fsp3) is 0.333. The SMILES string of the molecule is Cc1ccc(-c2cc(C(=O)N[C@@H](C)[C@@H]3CCCO3)c3ccccc3n2)o1. The molecule has 1 N–H and O–H groups in total. The first-order valence-electron chi connectivity index (χ1n) is 9.01. The second-order valence-electron chi connectivity index (χ2n) is 6.80. The Kier molecular flexibility index (Phi) is 4.47. The number of hydrogen-bond acceptors (Lipinski definition) is 4. The van der Waals surface area contributed by atoms with E-state index < -0.39 is 0 Å². The van der Waals surface area contributed by atoms with Crippen LogP contribution < -0.4 is 5.32 Å². The lowest BCUT2D eigenvalue weighted by Crippen LogP contribution is -2.40. The predicted octanol–water partition coefficient (Wildman–Crippen LogP) is 4.10. The number of furan rings is 1. The van der Waals surface area contributed by atoms with Gasteiger partial charge in [0, 0.05) is 12.0 Å². The number of pyridine rings is 1. The number of amides is 1. The van der Waals surface area contributed by atoms with Crippen molar-refractivity contribution in [2.75, 3.05) is 6.61 Å². The van der Waals surface area contributed by atoms with Gasteiger partial charge in [0.15, 0.2) is 5.76 Å². The van der Waals surface area contributed by atoms with Crippen molar-refractivity contribution >= 4 is 16.8 Å². The van der Waals surface area contributed by atoms with E-state index in [9.17, 15) is 4.79 Å². The Hall–Kier alpha value is -2.66. The van der Waals surface area contributed by atoms with Gasteiger partial charge in [0.2, 0.25) is 0 Å². The number of rotatable bonds is 4. The van der Waals surface area contributed by atoms with Crippen molar-refractivity contribution in [1.29, 1.82) is 0 Å². The second kappa shape index (κ2) is 6.92. The van der Waals surface area contributed by atoms with Gasteiger partial charge in [0.05, 0.1) is 23.2 Å². The zero-order valence-electron chi connectivity index (χ0n) is 15.0. The molecular weight excluding hydrogens is 328 g/mol. The summed E-state index contributed by atoms with van der Waals surface area (Å²) in [4.78, 5) is 17.6. The first kappa shape index (κ1) is 16.8. The highest BCUT2D eigenvalue weighted by molar-refractivity contribution is 6.07. The predicted molar refractivity (Wildman–Crippen MR) is 100 cm³/mol. The van der Waals surface area contributed by atoms with Crippen LogP contribution in [0, 0.1) is 6.92 Å². The number of aryl methyl sites for hydroxylation is 1. The van der Waals surface area contributed by atoms with Crippen molar-refractivity contribution < 1.29 is 13.9 Å². The Morgan fingerprint density at radius 2 is 2.12 bits per heavy atom. The van der Waals surface area contributed by atoms with Gasteiger partial charge in [-0.1, -0.05) is 18.2 Å². The van der Waals surface area contributed by atoms with E-state index in [1.807, 2.05) is 50.2 Å². The van der Waals surface area contributed by atoms with Gasteiger partial charge < -0.3 is 14.5 Å². The molecular formula is C21H22N2O3. The number of ether oxygens (including phenoxy) is 1. The summed E-state index contributed by atoms with van der Waals surface area (Å²) in [6.07, 6.45) is 2.11. The number of carbonyl (C=O) groups is 1. The molecule has 5 nitrogen and oxygen atoms in total. The summed E-state index contributed by atoms with van der Waals surface area (Å²) >= 11 is 0. The molecule has 3 heterocycles. The minimum atomic E-state index is -0.115. The van der Waals surface area contributed by atoms with Gasteiger partial charge in [-0.25, -0.2) is 4.98 Å². The third-order valence-corrected chi connectivity index (χ3v) is 4.83. The van der Waals surface area contributed by atoms with Crippen LogP contribution >= 0.6 is 0 Å². The van der Waals surface area contributed by atoms with Gasteiger partial charge in [0.1, 0.15) is 11.5 Å². The highest BCUT2D eigenvalue weighted by atomic mass is 16.5. The lowest BCUT2D eigenvalue weighted by atomic mass is 10.0. The van der Waals surface area contributed by atoms with Crippen LogP contribution in [0.4, 0.5) is 0 Å². The molecule has 1 aliphatic rings. The summed E-state index contributed by atoms with van der Waals surface area (Å²) in [6.45, 7) is 4.65. The van der Waals surface area contributed by atoms with Crippen LogP contribution in [0.15, 0.2) is 46.9 Å². The van der Waals surface area contributed by atoms with Gasteiger partial charge in [0.25, 0.3) is 5.91 Å². The fourth-order valence-corrected chi connectivity index (χ4v) is 3.44. The Morgan fingerprint density at radius 3 is 2.85 bits per heavy atom. The smallest absolute Gasteiger partial charge is 0.252 e. The fourth-order valence-electron chi connectivity index (χ4n) is 3.44. The number of fused-ring (bicyclic) bond motifs is 1. The molecule has 0 radical (unpaired) electrons. The van der Waals surface area contributed by atoms with Gasteiger partial charge >= 0.3 is 0 Å². The summed E-state index contributed by atoms with van der Waals surface area (Å²) < 4.78 is 11.4. The van der Waals surface area contributed by atoms with Crippen molar-refractivity contribution in [1.82, 2.24) is 10.3 Å². The quantitative estimate of drug-likeness (QED) is 0.769. The van der Waals surface area contributed by atoms with E-state index in [2.05, 4.69) is 10.3 Å². The van der Waals surface area contributed by atoms with Crippen LogP contribution in [0.5, 0.6) is 0 Å². The van der Waals surface area contributed by atoms with Crippen LogP contribution in [0.3, 0.4) is 0 Å². The normalized spacial score (nSPS) is 18.2. The molecule has 2 aromatic heterocycles. The number of nitrogens with zero attached hydrogens (tertiary/aromatic N) is 1. The number of nitrogens with one attached hydrogen (secondary N) is 1. The molecule has 26 heavy (non-hydrogen) atoms. The second-order valence-corrected chi connectivity index (χ2v) is 6.80. The number of para-hydroxylation sites is 1. The van der Waals surface area contributed by atoms with Crippen molar-refractivity contribution in [3.8, 4) is 11.5 Å². The van der Waals surface area contributed by atoms with Crippen LogP contribution in [-0.2, 0) is 4.74 Å². The molecule has 1 fully saturated rings. The molecule has 5 heteroatoms. The largest absolute Gasteiger partial charge is 0.460 e. The topological polar surface area (TPSA) is 64.4 Å². The molecule has 1 aromatic carbocycles. The zero-order valence-corrected chi connectivity index (χ0v) is 15.0. The van der Waals surface area contributed by atoms with Gasteiger partial charge in [-0.2, -0.15) is 0 Å². The third-order valence-electron chi connectivity index (χ3n) is 4.83. The van der Waals surface area contributed by atoms with Crippen molar-refractivity contribution in [2.45, 2.75) is 38.8 Å². The lowest BCUT2D eigenvalue weighted by molar-refractivity contribution is 0.0713. The Labute approximate surface area is 152 Å². The standard InChI is InChI=1S/C21H22N2O3/c1-13-9-10-20(26-13)18-12-16(15-6-3-4-7-17(15)23-18)21(24)22-14(2)19-8-5-11-25-19/h3-4,6-7,9-10,12,14,19H,5,8,11H2,1-2H3,(H,22,24)/t14-,19-/m0/s1. The van der Waals surface area contributed by atoms with Crippen LogP contribution in [-0.4, -0.2) is 29.6 Å². The monoisotopic (exact) mass is 350 g/mol. The van der Waals surface area contributed by atoms with Crippen molar-refractivity contribution in [3.05, 3.63) is 53.8 Å². The summed E-state index contributed by atoms with van der Waals surface area (Å²) in [6, 6.07) is 13.2. The average Bonchev–Trinajstić information content (AvgIpc) is 3.32. The van der Waals surface area contributed by atoms with E-state index >= 15 is 0 Å². The molecule has 0 saturated carbocycles. The maximum atomic E-state index is 13.0. The molecule has 0 unspecified atom stereocenters. The summed E-state index contributed by atoms with van der Waals surface area (Å²) in [5.74, 6) is 1.36. The molecule has 0 aliphatic carbocycles. The maximum Gasteiger partial charge on any atom is 0.252 e. The molecule has 1 amide bonds. The molecule has 0 bridgehead atoms. The first-order chi connectivity index (χ1) is 12.6. The van der Waals surface area contributed by atoms with Crippen LogP contribution in [0.25, 0.3) is 22.4 Å². The van der Waals surface area contributed by atoms with E-state index in [1.165, 1.54) is 0 Å². The molecule has 1 aliphatic heterocycles. The number of hydrogen-bond donors (Lipinski definition) is 1. The molecule has 1 saturated heterocycles. The van der Waals surface area contributed by atoms with Crippen LogP contribution in [0.2, 0.25) is 0 Å². The summed E-state index contributed by atoms with van der Waals surface area (Å²) in [5, 5.41) is 3.92. The molecule has 134 valence electrons. The Morgan fingerprint density at radius 1 is 1.27 bits per heavy atom. The minimum Gasteiger partial charge on any atom is -0.460 e. The zero-order chi connectivity index (χ0) is 18.1. The van der Waals surface area contributed by atoms with E-state index in [0.717, 1.165) is 36.1 Å². The summed E-state index contributed by atoms with van der Waals surface area (Å²) in [7, 11) is 0. The summed E-state index contributed by atoms with van der Waals surface area (Å²) in [5.41, 5.74) is 2.03. The third kappa shape index (κ3) is 3.22. The van der Waals surface area contributed by atoms with Gasteiger partial charge in [-0.05, 0) is 51.0 Å². The molecule has 4 rings (SSSR count). The number of benzene rings is 1. The molecule has 3 aromatic rings. The molecule has 2 atom stereocenters. The van der Waals surface area contributed by atoms with E-state index in [0.29, 0.717) is 17.0 Å². The van der Waals surface area contributed by atoms with Crippen molar-refractivity contribution in [3.63, 3.8) is 0 Å². The van der Waals surface area contributed by atoms with E-state index in [4.69, 9.17) is 9.15 Å². The highest BCUT2D eigenvalue weighted by Crippen LogP contribution is 2.26. The highest BCUT2D eigenvalue weighted by Gasteiger charge is 2.25. The van der Waals surface area contributed by atoms with Gasteiger partial charge in [-0.3, -0.25) is 4.79 Å². The van der Waals surface area contributed by atoms with E-state index in [1.54, 1.807) is 6.07 Å². The average molecular weight is 350 g/mol. The lowest BCUT2D eigenvalue weighted by Gasteiger charge is -2.20. The Balaban J connectivity index is 1.71. The Bertz CT molecular complexity index is 941. The first-order valence-corrected chi connectivity index (χ1v) is 9.01. The molecule has 0 spiro atoms. The number of carbonyl (C=O) groups excluding carboxylic acids is 1. The van der Waals surface area contributed by atoms with Crippen LogP contribution in [0.1, 0.15) is 35.9 Å².